The van der Waals surface area contributed by atoms with Crippen molar-refractivity contribution in [2.75, 3.05) is 13.1 Å². The van der Waals surface area contributed by atoms with Crippen LogP contribution in [0.4, 0.5) is 0 Å². The van der Waals surface area contributed by atoms with E-state index in [-0.39, 0.29) is 34.5 Å². The van der Waals surface area contributed by atoms with E-state index in [1.807, 2.05) is 13.8 Å². The molecule has 10 heteroatoms. The van der Waals surface area contributed by atoms with Crippen LogP contribution < -0.4 is 5.56 Å². The predicted octanol–water partition coefficient (Wildman–Crippen LogP) is 2.78. The number of hydrogen-bond acceptors (Lipinski definition) is 7. The molecule has 3 heterocycles. The number of piperidine rings is 1. The molecule has 164 valence electrons. The molecule has 1 aliphatic heterocycles. The Balaban J connectivity index is 1.50. The highest BCUT2D eigenvalue weighted by atomic mass is 32.2. The van der Waals surface area contributed by atoms with Gasteiger partial charge in [-0.05, 0) is 36.5 Å². The van der Waals surface area contributed by atoms with E-state index in [1.165, 1.54) is 50.4 Å². The van der Waals surface area contributed by atoms with Gasteiger partial charge in [-0.25, -0.2) is 18.2 Å². The Bertz CT molecular complexity index is 1270. The first-order valence-corrected chi connectivity index (χ1v) is 12.3. The summed E-state index contributed by atoms with van der Waals surface area (Å²) in [5.74, 6) is -0.113. The third-order valence-electron chi connectivity index (χ3n) is 5.25. The van der Waals surface area contributed by atoms with Gasteiger partial charge in [-0.15, -0.1) is 11.3 Å². The Morgan fingerprint density at radius 3 is 2.71 bits per heavy atom. The average molecular weight is 462 g/mol. The lowest BCUT2D eigenvalue weighted by molar-refractivity contribution is 0.0467. The maximum absolute atomic E-state index is 13.1. The molecule has 1 aromatic carbocycles. The van der Waals surface area contributed by atoms with Crippen LogP contribution in [0.5, 0.6) is 0 Å². The fraction of sp³-hybridized carbons (Fsp3) is 0.381. The highest BCUT2D eigenvalue weighted by Crippen LogP contribution is 2.27. The molecule has 2 aromatic heterocycles. The predicted molar refractivity (Wildman–Crippen MR) is 117 cm³/mol. The molecule has 0 bridgehead atoms. The molecule has 0 radical (unpaired) electrons. The summed E-state index contributed by atoms with van der Waals surface area (Å²) < 4.78 is 34.4. The van der Waals surface area contributed by atoms with Crippen LogP contribution in [-0.2, 0) is 21.4 Å². The van der Waals surface area contributed by atoms with Crippen molar-refractivity contribution in [1.29, 1.82) is 0 Å². The highest BCUT2D eigenvalue weighted by Gasteiger charge is 2.32. The number of esters is 1. The normalized spacial score (nSPS) is 20.1. The second-order valence-electron chi connectivity index (χ2n) is 8.01. The molecule has 3 aromatic rings. The molecule has 8 nitrogen and oxygen atoms in total. The lowest BCUT2D eigenvalue weighted by atomic mass is 9.94. The fourth-order valence-electron chi connectivity index (χ4n) is 3.92. The van der Waals surface area contributed by atoms with Gasteiger partial charge in [-0.3, -0.25) is 9.20 Å². The van der Waals surface area contributed by atoms with Crippen LogP contribution in [-0.4, -0.2) is 41.2 Å². The van der Waals surface area contributed by atoms with Crippen molar-refractivity contribution in [3.05, 3.63) is 63.5 Å². The summed E-state index contributed by atoms with van der Waals surface area (Å²) >= 11 is 1.30. The third-order valence-corrected chi connectivity index (χ3v) is 7.83. The van der Waals surface area contributed by atoms with E-state index in [9.17, 15) is 18.0 Å². The maximum Gasteiger partial charge on any atom is 0.338 e. The van der Waals surface area contributed by atoms with Gasteiger partial charge in [0.05, 0.1) is 16.2 Å². The van der Waals surface area contributed by atoms with Gasteiger partial charge in [-0.2, -0.15) is 4.31 Å². The molecule has 1 saturated heterocycles. The maximum atomic E-state index is 13.1. The van der Waals surface area contributed by atoms with Gasteiger partial charge in [-0.1, -0.05) is 19.9 Å². The number of fused-ring (bicyclic) bond motifs is 1. The molecule has 0 amide bonds. The number of sulfonamides is 1. The van der Waals surface area contributed by atoms with Gasteiger partial charge in [0, 0.05) is 30.7 Å². The molecule has 1 fully saturated rings. The van der Waals surface area contributed by atoms with Crippen molar-refractivity contribution in [2.45, 2.75) is 31.8 Å². The molecule has 2 atom stereocenters. The Morgan fingerprint density at radius 1 is 1.23 bits per heavy atom. The summed E-state index contributed by atoms with van der Waals surface area (Å²) in [6.45, 7) is 4.83. The van der Waals surface area contributed by atoms with Crippen LogP contribution in [0.3, 0.4) is 0 Å². The smallest absolute Gasteiger partial charge is 0.338 e. The van der Waals surface area contributed by atoms with E-state index in [0.29, 0.717) is 23.7 Å². The van der Waals surface area contributed by atoms with Gasteiger partial charge in [0.15, 0.2) is 4.96 Å². The molecule has 0 unspecified atom stereocenters. The van der Waals surface area contributed by atoms with E-state index in [0.717, 1.165) is 6.42 Å². The second-order valence-corrected chi connectivity index (χ2v) is 10.8. The molecular formula is C21H23N3O5S2. The minimum absolute atomic E-state index is 0.0691. The van der Waals surface area contributed by atoms with E-state index < -0.39 is 16.0 Å². The standard InChI is InChI=1S/C21H23N3O5S2/c1-14-8-15(2)12-23(11-14)31(27,28)18-5-3-4-16(9-18)20(26)29-13-17-10-19(25)24-6-7-30-21(24)22-17/h3-7,9-10,14-15H,8,11-13H2,1-2H3/t14-,15-/m1/s1. The summed E-state index contributed by atoms with van der Waals surface area (Å²) in [7, 11) is -3.70. The number of carbonyl (C=O) groups is 1. The molecule has 1 aliphatic rings. The van der Waals surface area contributed by atoms with Crippen LogP contribution >= 0.6 is 11.3 Å². The quantitative estimate of drug-likeness (QED) is 0.542. The molecule has 0 N–H and O–H groups in total. The number of ether oxygens (including phenoxy) is 1. The number of aromatic nitrogens is 2. The first-order valence-electron chi connectivity index (χ1n) is 9.97. The number of hydrogen-bond donors (Lipinski definition) is 0. The first-order chi connectivity index (χ1) is 14.7. The lowest BCUT2D eigenvalue weighted by Crippen LogP contribution is -2.42. The Kier molecular flexibility index (Phi) is 5.96. The molecule has 31 heavy (non-hydrogen) atoms. The summed E-state index contributed by atoms with van der Waals surface area (Å²) in [5.41, 5.74) is 0.212. The molecule has 4 rings (SSSR count). The summed E-state index contributed by atoms with van der Waals surface area (Å²) in [6.07, 6.45) is 2.62. The van der Waals surface area contributed by atoms with Gasteiger partial charge in [0.1, 0.15) is 6.61 Å². The van der Waals surface area contributed by atoms with Crippen molar-refractivity contribution < 1.29 is 17.9 Å². The van der Waals surface area contributed by atoms with E-state index in [4.69, 9.17) is 4.74 Å². The zero-order valence-electron chi connectivity index (χ0n) is 17.2. The Morgan fingerprint density at radius 2 is 1.97 bits per heavy atom. The number of rotatable bonds is 5. The van der Waals surface area contributed by atoms with Crippen molar-refractivity contribution in [3.8, 4) is 0 Å². The number of benzene rings is 1. The second kappa shape index (κ2) is 8.52. The van der Waals surface area contributed by atoms with Crippen molar-refractivity contribution in [2.24, 2.45) is 11.8 Å². The van der Waals surface area contributed by atoms with Gasteiger partial charge < -0.3 is 4.74 Å². The molecular weight excluding hydrogens is 438 g/mol. The van der Waals surface area contributed by atoms with Crippen LogP contribution in [0, 0.1) is 11.8 Å². The van der Waals surface area contributed by atoms with E-state index in [2.05, 4.69) is 4.98 Å². The first kappa shape index (κ1) is 21.7. The minimum Gasteiger partial charge on any atom is -0.456 e. The minimum atomic E-state index is -3.70. The van der Waals surface area contributed by atoms with Crippen molar-refractivity contribution >= 4 is 32.3 Å². The monoisotopic (exact) mass is 461 g/mol. The van der Waals surface area contributed by atoms with Crippen LogP contribution in [0.15, 0.2) is 51.6 Å². The van der Waals surface area contributed by atoms with Crippen molar-refractivity contribution in [3.63, 3.8) is 0 Å². The van der Waals surface area contributed by atoms with Gasteiger partial charge in [0.25, 0.3) is 5.56 Å². The summed E-state index contributed by atoms with van der Waals surface area (Å²) in [6, 6.07) is 7.18. The molecule has 0 aliphatic carbocycles. The largest absolute Gasteiger partial charge is 0.456 e. The Labute approximate surface area is 184 Å². The molecule has 0 saturated carbocycles. The molecule has 0 spiro atoms. The van der Waals surface area contributed by atoms with Crippen molar-refractivity contribution in [1.82, 2.24) is 13.7 Å². The lowest BCUT2D eigenvalue weighted by Gasteiger charge is -2.34. The van der Waals surface area contributed by atoms with E-state index in [1.54, 1.807) is 11.6 Å². The van der Waals surface area contributed by atoms with Gasteiger partial charge in [0.2, 0.25) is 10.0 Å². The topological polar surface area (TPSA) is 98.0 Å². The number of thiazole rings is 1. The van der Waals surface area contributed by atoms with Gasteiger partial charge >= 0.3 is 5.97 Å². The highest BCUT2D eigenvalue weighted by molar-refractivity contribution is 7.89. The van der Waals surface area contributed by atoms with Crippen LogP contribution in [0.25, 0.3) is 4.96 Å². The fourth-order valence-corrected chi connectivity index (χ4v) is 6.38. The Hall–Kier alpha value is -2.56. The summed E-state index contributed by atoms with van der Waals surface area (Å²) in [4.78, 5) is 29.5. The zero-order chi connectivity index (χ0) is 22.2. The summed E-state index contributed by atoms with van der Waals surface area (Å²) in [5, 5.41) is 1.75. The van der Waals surface area contributed by atoms with Crippen LogP contribution in [0.1, 0.15) is 36.3 Å². The zero-order valence-corrected chi connectivity index (χ0v) is 18.9. The van der Waals surface area contributed by atoms with Crippen LogP contribution in [0.2, 0.25) is 0 Å². The number of carbonyl (C=O) groups excluding carboxylic acids is 1. The number of nitrogens with zero attached hydrogens (tertiary/aromatic N) is 3. The average Bonchev–Trinajstić information content (AvgIpc) is 3.21. The van der Waals surface area contributed by atoms with E-state index >= 15 is 0 Å². The SMILES string of the molecule is C[C@@H]1C[C@@H](C)CN(S(=O)(=O)c2cccc(C(=O)OCc3cc(=O)n4ccsc4n3)c2)C1. The third kappa shape index (κ3) is 4.56.